The van der Waals surface area contributed by atoms with Crippen LogP contribution >= 0.6 is 11.8 Å². The lowest BCUT2D eigenvalue weighted by molar-refractivity contribution is -0.191. The van der Waals surface area contributed by atoms with Gasteiger partial charge in [0.2, 0.25) is 0 Å². The van der Waals surface area contributed by atoms with Crippen molar-refractivity contribution in [2.24, 2.45) is 0 Å². The molecule has 1 aliphatic rings. The normalized spacial score (nSPS) is 18.3. The van der Waals surface area contributed by atoms with Crippen LogP contribution in [0, 0.1) is 0 Å². The van der Waals surface area contributed by atoms with Crippen molar-refractivity contribution in [3.8, 4) is 0 Å². The maximum Gasteiger partial charge on any atom is 0.494 e. The number of benzene rings is 1. The van der Waals surface area contributed by atoms with E-state index in [4.69, 9.17) is 18.9 Å². The van der Waals surface area contributed by atoms with Gasteiger partial charge in [-0.2, -0.15) is 9.59 Å². The largest absolute Gasteiger partial charge is 0.494 e. The third-order valence-electron chi connectivity index (χ3n) is 3.88. The van der Waals surface area contributed by atoms with Crippen molar-refractivity contribution in [1.29, 1.82) is 0 Å². The zero-order chi connectivity index (χ0) is 16.8. The fraction of sp³-hybridized carbons (Fsp3) is 0.562. The molecule has 0 spiro atoms. The van der Waals surface area contributed by atoms with Gasteiger partial charge in [0.05, 0.1) is 11.2 Å². The predicted molar refractivity (Wildman–Crippen MR) is 88.2 cm³/mol. The maximum atomic E-state index is 8.12. The van der Waals surface area contributed by atoms with E-state index in [0.717, 1.165) is 11.2 Å². The molecule has 0 aliphatic carbocycles. The van der Waals surface area contributed by atoms with Gasteiger partial charge in [-0.25, -0.2) is 0 Å². The molecule has 0 aromatic heterocycles. The third kappa shape index (κ3) is 4.72. The Morgan fingerprint density at radius 3 is 1.91 bits per heavy atom. The molecule has 4 nitrogen and oxygen atoms in total. The van der Waals surface area contributed by atoms with Crippen LogP contribution in [0.1, 0.15) is 41.0 Å². The SMILES string of the molecule is CCCSc1ccc(B2OC(C)(C)C(C)(C)O2)cc1.O=C=O. The average Bonchev–Trinajstić information content (AvgIpc) is 2.67. The summed E-state index contributed by atoms with van der Waals surface area (Å²) in [4.78, 5) is 17.6. The standard InChI is InChI=1S/C15H23BO2S.CO2/c1-6-11-19-13-9-7-12(8-10-13)16-17-14(2,3)15(4,5)18-16;2-1-3/h7-10H,6,11H2,1-5H3;. The molecule has 1 aromatic carbocycles. The Kier molecular flexibility index (Phi) is 6.88. The van der Waals surface area contributed by atoms with E-state index in [1.807, 2.05) is 11.8 Å². The summed E-state index contributed by atoms with van der Waals surface area (Å²) in [6.45, 7) is 10.5. The molecular weight excluding hydrogens is 299 g/mol. The molecule has 0 amide bonds. The molecule has 120 valence electrons. The quantitative estimate of drug-likeness (QED) is 0.630. The summed E-state index contributed by atoms with van der Waals surface area (Å²) in [6, 6.07) is 8.53. The molecule has 2 rings (SSSR count). The topological polar surface area (TPSA) is 52.6 Å². The molecule has 1 fully saturated rings. The summed E-state index contributed by atoms with van der Waals surface area (Å²) in [5.74, 6) is 1.16. The molecular formula is C16H23BO4S. The fourth-order valence-electron chi connectivity index (χ4n) is 1.92. The minimum absolute atomic E-state index is 0.250. The van der Waals surface area contributed by atoms with Crippen LogP contribution in [0.15, 0.2) is 29.2 Å². The van der Waals surface area contributed by atoms with Crippen LogP contribution in [0.3, 0.4) is 0 Å². The molecule has 1 saturated heterocycles. The zero-order valence-corrected chi connectivity index (χ0v) is 14.7. The van der Waals surface area contributed by atoms with E-state index in [1.165, 1.54) is 11.3 Å². The van der Waals surface area contributed by atoms with Gasteiger partial charge in [0.25, 0.3) is 0 Å². The summed E-state index contributed by atoms with van der Waals surface area (Å²) < 4.78 is 12.1. The Morgan fingerprint density at radius 1 is 1.05 bits per heavy atom. The van der Waals surface area contributed by atoms with E-state index in [1.54, 1.807) is 0 Å². The minimum Gasteiger partial charge on any atom is -0.399 e. The van der Waals surface area contributed by atoms with Crippen molar-refractivity contribution < 1.29 is 18.9 Å². The number of carbonyl (C=O) groups excluding carboxylic acids is 2. The molecule has 0 radical (unpaired) electrons. The molecule has 0 atom stereocenters. The van der Waals surface area contributed by atoms with Crippen LogP contribution in [0.2, 0.25) is 0 Å². The van der Waals surface area contributed by atoms with Crippen LogP contribution in [0.25, 0.3) is 0 Å². The Bertz CT molecular complexity index is 491. The lowest BCUT2D eigenvalue weighted by Gasteiger charge is -2.32. The summed E-state index contributed by atoms with van der Waals surface area (Å²) >= 11 is 1.89. The molecule has 6 heteroatoms. The lowest BCUT2D eigenvalue weighted by Crippen LogP contribution is -2.41. The van der Waals surface area contributed by atoms with Gasteiger partial charge in [0.1, 0.15) is 0 Å². The van der Waals surface area contributed by atoms with Gasteiger partial charge in [-0.15, -0.1) is 11.8 Å². The molecule has 0 saturated carbocycles. The van der Waals surface area contributed by atoms with E-state index in [0.29, 0.717) is 0 Å². The zero-order valence-electron chi connectivity index (χ0n) is 13.8. The Balaban J connectivity index is 0.000000745. The highest BCUT2D eigenvalue weighted by molar-refractivity contribution is 7.99. The molecule has 1 heterocycles. The molecule has 22 heavy (non-hydrogen) atoms. The van der Waals surface area contributed by atoms with Gasteiger partial charge in [-0.1, -0.05) is 19.1 Å². The molecule has 0 N–H and O–H groups in total. The van der Waals surface area contributed by atoms with Crippen molar-refractivity contribution in [2.45, 2.75) is 57.1 Å². The smallest absolute Gasteiger partial charge is 0.399 e. The highest BCUT2D eigenvalue weighted by Gasteiger charge is 2.51. The second kappa shape index (κ2) is 7.98. The molecule has 0 unspecified atom stereocenters. The van der Waals surface area contributed by atoms with E-state index in [9.17, 15) is 0 Å². The second-order valence-corrected chi connectivity index (χ2v) is 7.26. The Labute approximate surface area is 137 Å². The minimum atomic E-state index is -0.271. The predicted octanol–water partition coefficient (Wildman–Crippen LogP) is 2.90. The monoisotopic (exact) mass is 322 g/mol. The highest BCUT2D eigenvalue weighted by atomic mass is 32.2. The summed E-state index contributed by atoms with van der Waals surface area (Å²) in [5.41, 5.74) is 0.556. The third-order valence-corrected chi connectivity index (χ3v) is 5.10. The van der Waals surface area contributed by atoms with E-state index < -0.39 is 0 Å². The van der Waals surface area contributed by atoms with Crippen molar-refractivity contribution in [1.82, 2.24) is 0 Å². The average molecular weight is 322 g/mol. The van der Waals surface area contributed by atoms with Crippen LogP contribution in [-0.4, -0.2) is 30.2 Å². The van der Waals surface area contributed by atoms with Crippen molar-refractivity contribution in [3.05, 3.63) is 24.3 Å². The van der Waals surface area contributed by atoms with Gasteiger partial charge < -0.3 is 9.31 Å². The van der Waals surface area contributed by atoms with Crippen molar-refractivity contribution in [2.75, 3.05) is 5.75 Å². The number of rotatable bonds is 4. The molecule has 0 bridgehead atoms. The summed E-state index contributed by atoms with van der Waals surface area (Å²) in [5, 5.41) is 0. The lowest BCUT2D eigenvalue weighted by atomic mass is 9.79. The number of hydrogen-bond acceptors (Lipinski definition) is 5. The molecule has 1 aliphatic heterocycles. The van der Waals surface area contributed by atoms with E-state index >= 15 is 0 Å². The second-order valence-electron chi connectivity index (χ2n) is 6.09. The first-order chi connectivity index (χ1) is 10.3. The van der Waals surface area contributed by atoms with Crippen LogP contribution in [-0.2, 0) is 18.9 Å². The number of hydrogen-bond donors (Lipinski definition) is 0. The highest BCUT2D eigenvalue weighted by Crippen LogP contribution is 2.36. The van der Waals surface area contributed by atoms with Crippen LogP contribution < -0.4 is 5.46 Å². The van der Waals surface area contributed by atoms with Gasteiger partial charge >= 0.3 is 13.3 Å². The van der Waals surface area contributed by atoms with E-state index in [2.05, 4.69) is 58.9 Å². The fourth-order valence-corrected chi connectivity index (χ4v) is 2.69. The van der Waals surface area contributed by atoms with Gasteiger partial charge in [0.15, 0.2) is 0 Å². The number of thioether (sulfide) groups is 1. The molecule has 1 aromatic rings. The maximum absolute atomic E-state index is 8.12. The first-order valence-corrected chi connectivity index (χ1v) is 8.33. The van der Waals surface area contributed by atoms with Crippen molar-refractivity contribution >= 4 is 30.5 Å². The summed E-state index contributed by atoms with van der Waals surface area (Å²) in [6.07, 6.45) is 1.45. The summed E-state index contributed by atoms with van der Waals surface area (Å²) in [7, 11) is -0.254. The first kappa shape index (κ1) is 19.0. The Hall–Kier alpha value is -1.07. The van der Waals surface area contributed by atoms with Crippen molar-refractivity contribution in [3.63, 3.8) is 0 Å². The van der Waals surface area contributed by atoms with Crippen LogP contribution in [0.4, 0.5) is 0 Å². The Morgan fingerprint density at radius 2 is 1.50 bits per heavy atom. The van der Waals surface area contributed by atoms with Gasteiger partial charge in [-0.05, 0) is 57.5 Å². The first-order valence-electron chi connectivity index (χ1n) is 7.35. The van der Waals surface area contributed by atoms with Gasteiger partial charge in [-0.3, -0.25) is 0 Å². The van der Waals surface area contributed by atoms with E-state index in [-0.39, 0.29) is 24.5 Å². The van der Waals surface area contributed by atoms with Gasteiger partial charge in [0, 0.05) is 4.90 Å². The van der Waals surface area contributed by atoms with Crippen LogP contribution in [0.5, 0.6) is 0 Å².